The summed E-state index contributed by atoms with van der Waals surface area (Å²) in [6.07, 6.45) is 3.81. The van der Waals surface area contributed by atoms with E-state index in [2.05, 4.69) is 34.5 Å². The van der Waals surface area contributed by atoms with Crippen molar-refractivity contribution >= 4 is 46.3 Å². The minimum atomic E-state index is -0.395. The summed E-state index contributed by atoms with van der Waals surface area (Å²) in [5.41, 5.74) is 3.43. The molecule has 2 bridgehead atoms. The first-order valence-electron chi connectivity index (χ1n) is 13.6. The van der Waals surface area contributed by atoms with Crippen LogP contribution in [-0.2, 0) is 16.1 Å². The third-order valence-electron chi connectivity index (χ3n) is 8.44. The zero-order valence-corrected chi connectivity index (χ0v) is 24.0. The molecular formula is C30H33N3O4S2. The molecule has 1 aromatic heterocycles. The molecule has 2 fully saturated rings. The first kappa shape index (κ1) is 26.2. The smallest absolute Gasteiger partial charge is 0.338 e. The van der Waals surface area contributed by atoms with E-state index in [0.717, 1.165) is 15.6 Å². The van der Waals surface area contributed by atoms with Crippen molar-refractivity contribution in [2.24, 2.45) is 17.8 Å². The van der Waals surface area contributed by atoms with Crippen LogP contribution in [0.1, 0.15) is 52.9 Å². The number of nitrogens with zero attached hydrogens (tertiary/aromatic N) is 2. The number of hydrogen-bond donors (Lipinski definition) is 1. The van der Waals surface area contributed by atoms with Crippen LogP contribution in [0.15, 0.2) is 58.4 Å². The molecule has 0 spiro atoms. The van der Waals surface area contributed by atoms with E-state index in [1.165, 1.54) is 36.2 Å². The van der Waals surface area contributed by atoms with Gasteiger partial charge in [-0.25, -0.2) is 4.79 Å². The van der Waals surface area contributed by atoms with E-state index in [0.29, 0.717) is 40.9 Å². The first-order valence-corrected chi connectivity index (χ1v) is 15.3. The zero-order chi connectivity index (χ0) is 27.3. The number of nitrogens with one attached hydrogen (secondary N) is 1. The Bertz CT molecular complexity index is 1440. The van der Waals surface area contributed by atoms with Gasteiger partial charge in [-0.05, 0) is 85.9 Å². The highest BCUT2D eigenvalue weighted by atomic mass is 32.2. The third kappa shape index (κ3) is 4.80. The predicted molar refractivity (Wildman–Crippen MR) is 156 cm³/mol. The first-order chi connectivity index (χ1) is 18.8. The van der Waals surface area contributed by atoms with Crippen LogP contribution in [0.2, 0.25) is 0 Å². The highest BCUT2D eigenvalue weighted by Crippen LogP contribution is 2.64. The van der Waals surface area contributed by atoms with E-state index in [1.807, 2.05) is 25.9 Å². The number of amides is 1. The summed E-state index contributed by atoms with van der Waals surface area (Å²) < 4.78 is 6.70. The lowest BCUT2D eigenvalue weighted by Crippen LogP contribution is -2.34. The minimum Gasteiger partial charge on any atom is -0.462 e. The molecule has 2 heterocycles. The van der Waals surface area contributed by atoms with Crippen molar-refractivity contribution in [3.05, 3.63) is 74.2 Å². The summed E-state index contributed by atoms with van der Waals surface area (Å²) in [7, 11) is 4.09. The van der Waals surface area contributed by atoms with Crippen LogP contribution < -0.4 is 15.1 Å². The van der Waals surface area contributed by atoms with E-state index < -0.39 is 5.97 Å². The van der Waals surface area contributed by atoms with Crippen LogP contribution in [-0.4, -0.2) is 42.4 Å². The zero-order valence-electron chi connectivity index (χ0n) is 22.4. The highest BCUT2D eigenvalue weighted by Gasteiger charge is 2.55. The van der Waals surface area contributed by atoms with Gasteiger partial charge in [-0.2, -0.15) is 0 Å². The van der Waals surface area contributed by atoms with Crippen molar-refractivity contribution in [3.63, 3.8) is 0 Å². The molecule has 204 valence electrons. The molecule has 0 radical (unpaired) electrons. The molecule has 3 aromatic rings. The maximum Gasteiger partial charge on any atom is 0.338 e. The number of aromatic nitrogens is 1. The van der Waals surface area contributed by atoms with Crippen molar-refractivity contribution in [2.45, 2.75) is 48.9 Å². The van der Waals surface area contributed by atoms with Crippen LogP contribution in [0, 0.1) is 17.8 Å². The summed E-state index contributed by atoms with van der Waals surface area (Å²) in [6, 6.07) is 15.4. The maximum atomic E-state index is 13.3. The lowest BCUT2D eigenvalue weighted by Gasteiger charge is -2.40. The van der Waals surface area contributed by atoms with Gasteiger partial charge in [0.25, 0.3) is 0 Å². The second-order valence-corrected chi connectivity index (χ2v) is 13.1. The molecule has 5 atom stereocenters. The molecule has 1 aliphatic heterocycles. The molecule has 1 N–H and O–H groups in total. The summed E-state index contributed by atoms with van der Waals surface area (Å²) in [5, 5.41) is 4.33. The van der Waals surface area contributed by atoms with Crippen molar-refractivity contribution in [1.29, 1.82) is 0 Å². The van der Waals surface area contributed by atoms with Crippen LogP contribution in [0.3, 0.4) is 0 Å². The summed E-state index contributed by atoms with van der Waals surface area (Å²) in [5.74, 6) is 1.44. The molecule has 39 heavy (non-hydrogen) atoms. The molecule has 2 saturated carbocycles. The maximum absolute atomic E-state index is 13.3. The van der Waals surface area contributed by atoms with Crippen molar-refractivity contribution < 1.29 is 14.3 Å². The number of thiazole rings is 1. The Kier molecular flexibility index (Phi) is 7.05. The third-order valence-corrected chi connectivity index (χ3v) is 11.3. The number of thioether (sulfide) groups is 1. The Hall–Kier alpha value is -3.04. The number of anilines is 2. The van der Waals surface area contributed by atoms with Gasteiger partial charge in [-0.1, -0.05) is 23.5 Å². The van der Waals surface area contributed by atoms with Gasteiger partial charge < -0.3 is 15.0 Å². The second kappa shape index (κ2) is 10.5. The molecule has 1 amide bonds. The van der Waals surface area contributed by atoms with Crippen molar-refractivity contribution in [3.8, 4) is 0 Å². The number of esters is 1. The van der Waals surface area contributed by atoms with E-state index in [1.54, 1.807) is 35.8 Å². The fourth-order valence-electron chi connectivity index (χ4n) is 6.69. The van der Waals surface area contributed by atoms with Gasteiger partial charge in [0.15, 0.2) is 0 Å². The van der Waals surface area contributed by atoms with Gasteiger partial charge in [0, 0.05) is 41.5 Å². The Labute approximate surface area is 236 Å². The van der Waals surface area contributed by atoms with Gasteiger partial charge in [-0.3, -0.25) is 14.2 Å². The van der Waals surface area contributed by atoms with Gasteiger partial charge in [-0.15, -0.1) is 11.8 Å². The van der Waals surface area contributed by atoms with Crippen LogP contribution >= 0.6 is 23.1 Å². The lowest BCUT2D eigenvalue weighted by molar-refractivity contribution is -0.116. The fraction of sp³-hybridized carbons (Fsp3) is 0.433. The summed E-state index contributed by atoms with van der Waals surface area (Å²) in [6.45, 7) is 2.03. The van der Waals surface area contributed by atoms with E-state index in [9.17, 15) is 14.4 Å². The van der Waals surface area contributed by atoms with Crippen molar-refractivity contribution in [2.75, 3.05) is 30.9 Å². The van der Waals surface area contributed by atoms with Gasteiger partial charge in [0.2, 0.25) is 5.91 Å². The summed E-state index contributed by atoms with van der Waals surface area (Å²) in [4.78, 5) is 41.4. The van der Waals surface area contributed by atoms with Crippen LogP contribution in [0.5, 0.6) is 0 Å². The number of rotatable bonds is 7. The average molecular weight is 564 g/mol. The van der Waals surface area contributed by atoms with E-state index >= 15 is 0 Å². The van der Waals surface area contributed by atoms with Crippen LogP contribution in [0.25, 0.3) is 0 Å². The van der Waals surface area contributed by atoms with Gasteiger partial charge in [0.05, 0.1) is 17.2 Å². The molecular weight excluding hydrogens is 530 g/mol. The fourth-order valence-corrected chi connectivity index (χ4v) is 9.84. The average Bonchev–Trinajstić information content (AvgIpc) is 3.62. The normalized spacial score (nSPS) is 24.6. The molecule has 3 aliphatic rings. The number of fused-ring (bicyclic) bond motifs is 6. The highest BCUT2D eigenvalue weighted by molar-refractivity contribution is 8.00. The Morgan fingerprint density at radius 2 is 1.77 bits per heavy atom. The molecule has 5 unspecified atom stereocenters. The van der Waals surface area contributed by atoms with Gasteiger partial charge >= 0.3 is 10.8 Å². The molecule has 7 nitrogen and oxygen atoms in total. The molecule has 6 rings (SSSR count). The quantitative estimate of drug-likeness (QED) is 0.386. The number of carbonyl (C=O) groups excluding carboxylic acids is 2. The molecule has 2 aliphatic carbocycles. The predicted octanol–water partition coefficient (Wildman–Crippen LogP) is 5.44. The Morgan fingerprint density at radius 1 is 1.05 bits per heavy atom. The number of ether oxygens (including phenoxy) is 1. The minimum absolute atomic E-state index is 0.0327. The van der Waals surface area contributed by atoms with Crippen molar-refractivity contribution in [1.82, 2.24) is 4.57 Å². The largest absolute Gasteiger partial charge is 0.462 e. The molecule has 0 saturated heterocycles. The van der Waals surface area contributed by atoms with E-state index in [4.69, 9.17) is 4.74 Å². The molecule has 2 aromatic carbocycles. The monoisotopic (exact) mass is 563 g/mol. The topological polar surface area (TPSA) is 80.6 Å². The van der Waals surface area contributed by atoms with E-state index in [-0.39, 0.29) is 23.2 Å². The SMILES string of the molecule is CCOC(=O)c1ccc(NC(=O)Cn2c3c(sc2=O)C(c2ccc(N(C)C)cc2)C2C4CCC(C4)C2S3)cc1. The Balaban J connectivity index is 1.27. The number of hydrogen-bond acceptors (Lipinski definition) is 7. The molecule has 9 heteroatoms. The summed E-state index contributed by atoms with van der Waals surface area (Å²) >= 11 is 3.15. The standard InChI is InChI=1S/C30H33N3O4S2/c1-4-37-29(35)18-7-11-21(12-8-18)31-23(34)16-33-28-27(39-30(33)36)24(17-9-13-22(14-10-17)32(2)3)25-19-5-6-20(15-19)26(25)38-28/h7-14,19-20,24-26H,4-6,15-16H2,1-3H3,(H,31,34). The lowest BCUT2D eigenvalue weighted by atomic mass is 9.75. The Morgan fingerprint density at radius 3 is 2.46 bits per heavy atom. The second-order valence-electron chi connectivity index (χ2n) is 10.9. The number of carbonyl (C=O) groups is 2. The van der Waals surface area contributed by atoms with Crippen LogP contribution in [0.4, 0.5) is 11.4 Å². The number of benzene rings is 2. The van der Waals surface area contributed by atoms with Gasteiger partial charge in [0.1, 0.15) is 6.54 Å².